The predicted octanol–water partition coefficient (Wildman–Crippen LogP) is 6.88. The summed E-state index contributed by atoms with van der Waals surface area (Å²) < 4.78 is 41.9. The lowest BCUT2D eigenvalue weighted by Crippen LogP contribution is -2.19. The molecule has 0 spiro atoms. The number of ether oxygens (including phenoxy) is 1. The minimum Gasteiger partial charge on any atom is -0.483 e. The fourth-order valence-corrected chi connectivity index (χ4v) is 5.31. The first-order valence-corrected chi connectivity index (χ1v) is 11.1. The molecule has 1 aliphatic rings. The molecule has 1 atom stereocenters. The topological polar surface area (TPSA) is 59.4 Å². The summed E-state index contributed by atoms with van der Waals surface area (Å²) in [5.74, 6) is -0.771. The zero-order valence-corrected chi connectivity index (χ0v) is 18.6. The number of halogens is 4. The summed E-state index contributed by atoms with van der Waals surface area (Å²) in [6, 6.07) is 8.63. The summed E-state index contributed by atoms with van der Waals surface area (Å²) in [5.41, 5.74) is 5.13. The number of benzene rings is 2. The van der Waals surface area contributed by atoms with Crippen molar-refractivity contribution in [1.82, 2.24) is 4.98 Å². The van der Waals surface area contributed by atoms with Gasteiger partial charge in [0.25, 0.3) is 0 Å². The lowest BCUT2D eigenvalue weighted by molar-refractivity contribution is -0.153. The number of hydrogen-bond donors (Lipinski definition) is 1. The van der Waals surface area contributed by atoms with Crippen LogP contribution in [0.5, 0.6) is 5.75 Å². The molecular weight excluding hydrogens is 463 g/mol. The highest BCUT2D eigenvalue weighted by Crippen LogP contribution is 2.42. The first-order chi connectivity index (χ1) is 15.1. The number of aromatic nitrogens is 1. The minimum absolute atomic E-state index is 0.0251. The van der Waals surface area contributed by atoms with Gasteiger partial charge in [0.15, 0.2) is 6.61 Å². The summed E-state index contributed by atoms with van der Waals surface area (Å²) in [6.45, 7) is 0.629. The van der Waals surface area contributed by atoms with Gasteiger partial charge in [0.1, 0.15) is 10.8 Å². The van der Waals surface area contributed by atoms with Gasteiger partial charge in [0.2, 0.25) is 0 Å². The molecule has 0 fully saturated rings. The van der Waals surface area contributed by atoms with E-state index in [4.69, 9.17) is 21.4 Å². The molecule has 1 N–H and O–H groups in total. The molecule has 0 saturated heterocycles. The van der Waals surface area contributed by atoms with Crippen LogP contribution in [0, 0.1) is 6.92 Å². The van der Waals surface area contributed by atoms with E-state index in [2.05, 4.69) is 4.98 Å². The van der Waals surface area contributed by atoms with Crippen molar-refractivity contribution in [2.24, 2.45) is 0 Å². The lowest BCUT2D eigenvalue weighted by atomic mass is 9.94. The molecule has 4 rings (SSSR count). The Balaban J connectivity index is 1.57. The molecule has 0 bridgehead atoms. The number of aliphatic carboxylic acids is 1. The Morgan fingerprint density at radius 2 is 2.09 bits per heavy atom. The van der Waals surface area contributed by atoms with Crippen molar-refractivity contribution in [3.05, 3.63) is 58.2 Å². The van der Waals surface area contributed by atoms with E-state index in [0.29, 0.717) is 0 Å². The Hall–Kier alpha value is -2.58. The van der Waals surface area contributed by atoms with Crippen molar-refractivity contribution in [2.75, 3.05) is 6.61 Å². The van der Waals surface area contributed by atoms with Crippen LogP contribution in [-0.2, 0) is 11.2 Å². The van der Waals surface area contributed by atoms with Crippen LogP contribution in [-0.4, -0.2) is 28.8 Å². The third-order valence-corrected chi connectivity index (χ3v) is 6.96. The second kappa shape index (κ2) is 8.75. The highest BCUT2D eigenvalue weighted by atomic mass is 35.5. The van der Waals surface area contributed by atoms with Crippen molar-refractivity contribution in [3.63, 3.8) is 0 Å². The van der Waals surface area contributed by atoms with Crippen LogP contribution in [0.15, 0.2) is 36.5 Å². The van der Waals surface area contributed by atoms with E-state index in [1.54, 1.807) is 18.3 Å². The van der Waals surface area contributed by atoms with Gasteiger partial charge in [0, 0.05) is 11.8 Å². The number of carboxylic acid groups (broad SMARTS) is 1. The number of hydrogen-bond acceptors (Lipinski definition) is 4. The molecule has 32 heavy (non-hydrogen) atoms. The molecule has 1 unspecified atom stereocenters. The Morgan fingerprint density at radius 1 is 1.31 bits per heavy atom. The molecule has 0 saturated carbocycles. The van der Waals surface area contributed by atoms with Crippen molar-refractivity contribution in [2.45, 2.75) is 38.3 Å². The molecule has 1 aromatic heterocycles. The largest absolute Gasteiger partial charge is 0.483 e. The molecule has 0 aliphatic heterocycles. The van der Waals surface area contributed by atoms with Gasteiger partial charge >= 0.3 is 12.1 Å². The maximum absolute atomic E-state index is 12.4. The zero-order chi connectivity index (χ0) is 23.0. The van der Waals surface area contributed by atoms with Crippen LogP contribution in [0.3, 0.4) is 0 Å². The smallest absolute Gasteiger partial charge is 0.422 e. The van der Waals surface area contributed by atoms with Crippen LogP contribution >= 0.6 is 22.9 Å². The summed E-state index contributed by atoms with van der Waals surface area (Å²) in [4.78, 5) is 16.5. The Kier molecular flexibility index (Phi) is 6.18. The van der Waals surface area contributed by atoms with Gasteiger partial charge in [-0.1, -0.05) is 23.7 Å². The van der Waals surface area contributed by atoms with E-state index < -0.39 is 18.8 Å². The standard InChI is InChI=1S/C23H19ClF3NO3S/c1-12-15-4-2-13(9-21(29)30)17(15)6-5-16(12)22-28-10-20(32-22)14-3-7-19(18(24)8-14)31-11-23(25,26)27/h3,5-8,10,13H,2,4,9,11H2,1H3,(H,29,30). The zero-order valence-electron chi connectivity index (χ0n) is 17.0. The summed E-state index contributed by atoms with van der Waals surface area (Å²) in [7, 11) is 0. The predicted molar refractivity (Wildman–Crippen MR) is 118 cm³/mol. The highest BCUT2D eigenvalue weighted by molar-refractivity contribution is 7.18. The first kappa shape index (κ1) is 22.6. The van der Waals surface area contributed by atoms with E-state index in [1.165, 1.54) is 23.0 Å². The molecular formula is C23H19ClF3NO3S. The molecule has 2 aromatic carbocycles. The summed E-state index contributed by atoms with van der Waals surface area (Å²) in [5, 5.41) is 10.1. The minimum atomic E-state index is -4.43. The number of fused-ring (bicyclic) bond motifs is 1. The van der Waals surface area contributed by atoms with Crippen LogP contribution in [0.2, 0.25) is 5.02 Å². The number of carbonyl (C=O) groups is 1. The second-order valence-corrected chi connectivity index (χ2v) is 9.16. The van der Waals surface area contributed by atoms with Gasteiger partial charge in [-0.25, -0.2) is 4.98 Å². The molecule has 3 aromatic rings. The molecule has 0 amide bonds. The number of nitrogens with zero attached hydrogens (tertiary/aromatic N) is 1. The average molecular weight is 482 g/mol. The molecule has 0 radical (unpaired) electrons. The van der Waals surface area contributed by atoms with Crippen LogP contribution in [0.4, 0.5) is 13.2 Å². The van der Waals surface area contributed by atoms with E-state index in [-0.39, 0.29) is 23.1 Å². The number of rotatable bonds is 6. The molecule has 9 heteroatoms. The Bertz CT molecular complexity index is 1180. The third kappa shape index (κ3) is 4.76. The van der Waals surface area contributed by atoms with Gasteiger partial charge in [0.05, 0.1) is 16.3 Å². The van der Waals surface area contributed by atoms with Crippen molar-refractivity contribution in [1.29, 1.82) is 0 Å². The molecule has 168 valence electrons. The number of carboxylic acids is 1. The van der Waals surface area contributed by atoms with Gasteiger partial charge in [-0.15, -0.1) is 11.3 Å². The molecule has 1 heterocycles. The summed E-state index contributed by atoms with van der Waals surface area (Å²) in [6.07, 6.45) is -0.912. The maximum Gasteiger partial charge on any atom is 0.422 e. The number of thiazole rings is 1. The fourth-order valence-electron chi connectivity index (χ4n) is 4.08. The van der Waals surface area contributed by atoms with Gasteiger partial charge < -0.3 is 9.84 Å². The molecule has 1 aliphatic carbocycles. The van der Waals surface area contributed by atoms with Gasteiger partial charge in [-0.3, -0.25) is 4.79 Å². The van der Waals surface area contributed by atoms with Crippen molar-refractivity contribution in [3.8, 4) is 26.8 Å². The van der Waals surface area contributed by atoms with E-state index in [1.807, 2.05) is 19.1 Å². The van der Waals surface area contributed by atoms with Crippen LogP contribution in [0.25, 0.3) is 21.0 Å². The van der Waals surface area contributed by atoms with Crippen LogP contribution in [0.1, 0.15) is 35.4 Å². The fraction of sp³-hybridized carbons (Fsp3) is 0.304. The SMILES string of the molecule is Cc1c(-c2ncc(-c3ccc(OCC(F)(F)F)c(Cl)c3)s2)ccc2c1CCC2CC(=O)O. The molecule has 4 nitrogen and oxygen atoms in total. The van der Waals surface area contributed by atoms with E-state index in [9.17, 15) is 18.0 Å². The third-order valence-electron chi connectivity index (χ3n) is 5.58. The van der Waals surface area contributed by atoms with E-state index in [0.717, 1.165) is 45.0 Å². The second-order valence-electron chi connectivity index (χ2n) is 7.72. The van der Waals surface area contributed by atoms with Gasteiger partial charge in [-0.2, -0.15) is 13.2 Å². The van der Waals surface area contributed by atoms with E-state index >= 15 is 0 Å². The maximum atomic E-state index is 12.4. The number of alkyl halides is 3. The normalized spacial score (nSPS) is 15.6. The first-order valence-electron chi connectivity index (χ1n) is 9.92. The average Bonchev–Trinajstić information content (AvgIpc) is 3.34. The van der Waals surface area contributed by atoms with Crippen LogP contribution < -0.4 is 4.74 Å². The monoisotopic (exact) mass is 481 g/mol. The Morgan fingerprint density at radius 3 is 2.78 bits per heavy atom. The van der Waals surface area contributed by atoms with Gasteiger partial charge in [-0.05, 0) is 66.1 Å². The summed E-state index contributed by atoms with van der Waals surface area (Å²) >= 11 is 7.58. The highest BCUT2D eigenvalue weighted by Gasteiger charge is 2.29. The van der Waals surface area contributed by atoms with Crippen molar-refractivity contribution < 1.29 is 27.8 Å². The Labute approximate surface area is 191 Å². The quantitative estimate of drug-likeness (QED) is 0.416. The van der Waals surface area contributed by atoms with Crippen molar-refractivity contribution >= 4 is 28.9 Å². The lowest BCUT2D eigenvalue weighted by Gasteiger charge is -2.12.